The van der Waals surface area contributed by atoms with Gasteiger partial charge in [-0.25, -0.2) is 9.48 Å². The number of aromatic nitrogens is 3. The van der Waals surface area contributed by atoms with Crippen LogP contribution in [0.5, 0.6) is 5.75 Å². The third-order valence-corrected chi connectivity index (χ3v) is 3.17. The number of rotatable bonds is 5. The van der Waals surface area contributed by atoms with Crippen molar-refractivity contribution >= 4 is 29.2 Å². The molecule has 0 atom stereocenters. The van der Waals surface area contributed by atoms with E-state index in [1.165, 1.54) is 4.68 Å². The summed E-state index contributed by atoms with van der Waals surface area (Å²) >= 11 is 11.7. The first-order chi connectivity index (χ1) is 9.49. The molecule has 0 saturated carbocycles. The van der Waals surface area contributed by atoms with Crippen molar-refractivity contribution in [3.8, 4) is 5.75 Å². The molecule has 0 aliphatic rings. The highest BCUT2D eigenvalue weighted by atomic mass is 35.5. The van der Waals surface area contributed by atoms with Gasteiger partial charge in [-0.05, 0) is 25.1 Å². The number of ether oxygens (including phenoxy) is 1. The molecule has 0 spiro atoms. The Morgan fingerprint density at radius 2 is 2.20 bits per heavy atom. The van der Waals surface area contributed by atoms with Gasteiger partial charge in [-0.15, -0.1) is 5.10 Å². The van der Waals surface area contributed by atoms with Gasteiger partial charge in [0.1, 0.15) is 12.4 Å². The summed E-state index contributed by atoms with van der Waals surface area (Å²) in [7, 11) is 0. The second kappa shape index (κ2) is 6.11. The van der Waals surface area contributed by atoms with Crippen molar-refractivity contribution in [2.45, 2.75) is 13.5 Å². The summed E-state index contributed by atoms with van der Waals surface area (Å²) in [4.78, 5) is 10.8. The van der Waals surface area contributed by atoms with Crippen LogP contribution in [0.4, 0.5) is 0 Å². The molecule has 0 aliphatic carbocycles. The lowest BCUT2D eigenvalue weighted by atomic mass is 10.3. The van der Waals surface area contributed by atoms with Crippen molar-refractivity contribution < 1.29 is 14.6 Å². The molecular formula is C12H11Cl2N3O3. The minimum atomic E-state index is -1.10. The smallest absolute Gasteiger partial charge is 0.358 e. The SMILES string of the molecule is Cc1c(C(=O)O)nnn1CCOc1ccc(Cl)cc1Cl. The van der Waals surface area contributed by atoms with Gasteiger partial charge in [-0.2, -0.15) is 0 Å². The zero-order valence-electron chi connectivity index (χ0n) is 10.5. The molecule has 0 radical (unpaired) electrons. The average molecular weight is 316 g/mol. The first-order valence-electron chi connectivity index (χ1n) is 5.70. The van der Waals surface area contributed by atoms with Crippen molar-refractivity contribution in [2.75, 3.05) is 6.61 Å². The molecular weight excluding hydrogens is 305 g/mol. The molecule has 0 bridgehead atoms. The second-order valence-electron chi connectivity index (χ2n) is 3.97. The first-order valence-corrected chi connectivity index (χ1v) is 6.46. The Labute approximate surface area is 124 Å². The molecule has 1 aromatic heterocycles. The van der Waals surface area contributed by atoms with Gasteiger partial charge in [0, 0.05) is 5.02 Å². The van der Waals surface area contributed by atoms with E-state index in [2.05, 4.69) is 10.3 Å². The first kappa shape index (κ1) is 14.6. The van der Waals surface area contributed by atoms with Crippen LogP contribution in [0, 0.1) is 6.92 Å². The maximum Gasteiger partial charge on any atom is 0.358 e. The van der Waals surface area contributed by atoms with Crippen LogP contribution in [0.15, 0.2) is 18.2 Å². The van der Waals surface area contributed by atoms with E-state index >= 15 is 0 Å². The summed E-state index contributed by atoms with van der Waals surface area (Å²) in [6.07, 6.45) is 0. The summed E-state index contributed by atoms with van der Waals surface area (Å²) in [6.45, 7) is 2.29. The number of benzene rings is 1. The third-order valence-electron chi connectivity index (χ3n) is 2.64. The van der Waals surface area contributed by atoms with Crippen molar-refractivity contribution in [1.82, 2.24) is 15.0 Å². The lowest BCUT2D eigenvalue weighted by Gasteiger charge is -2.08. The van der Waals surface area contributed by atoms with Gasteiger partial charge < -0.3 is 9.84 Å². The van der Waals surface area contributed by atoms with E-state index < -0.39 is 5.97 Å². The van der Waals surface area contributed by atoms with E-state index in [1.807, 2.05) is 0 Å². The Morgan fingerprint density at radius 3 is 2.80 bits per heavy atom. The average Bonchev–Trinajstić information content (AvgIpc) is 2.74. The van der Waals surface area contributed by atoms with Crippen LogP contribution in [0.3, 0.4) is 0 Å². The van der Waals surface area contributed by atoms with Crippen LogP contribution >= 0.6 is 23.2 Å². The Hall–Kier alpha value is -1.79. The molecule has 2 aromatic rings. The van der Waals surface area contributed by atoms with Crippen LogP contribution in [-0.4, -0.2) is 32.7 Å². The van der Waals surface area contributed by atoms with Crippen LogP contribution in [0.2, 0.25) is 10.0 Å². The fourth-order valence-corrected chi connectivity index (χ4v) is 2.07. The summed E-state index contributed by atoms with van der Waals surface area (Å²) in [6, 6.07) is 4.93. The van der Waals surface area contributed by atoms with E-state index in [0.717, 1.165) is 0 Å². The number of hydrogen-bond donors (Lipinski definition) is 1. The standard InChI is InChI=1S/C12H11Cl2N3O3/c1-7-11(12(18)19)15-16-17(7)4-5-20-10-3-2-8(13)6-9(10)14/h2-3,6H,4-5H2,1H3,(H,18,19). The van der Waals surface area contributed by atoms with Gasteiger partial charge in [0.25, 0.3) is 0 Å². The fourth-order valence-electron chi connectivity index (χ4n) is 1.60. The minimum absolute atomic E-state index is 0.0606. The zero-order chi connectivity index (χ0) is 14.7. The summed E-state index contributed by atoms with van der Waals surface area (Å²) in [5.41, 5.74) is 0.415. The summed E-state index contributed by atoms with van der Waals surface area (Å²) in [5.74, 6) is -0.595. The Balaban J connectivity index is 1.98. The second-order valence-corrected chi connectivity index (χ2v) is 4.82. The Morgan fingerprint density at radius 1 is 1.45 bits per heavy atom. The topological polar surface area (TPSA) is 77.2 Å². The highest BCUT2D eigenvalue weighted by Gasteiger charge is 2.14. The van der Waals surface area contributed by atoms with Crippen molar-refractivity contribution in [2.24, 2.45) is 0 Å². The number of hydrogen-bond acceptors (Lipinski definition) is 4. The summed E-state index contributed by atoms with van der Waals surface area (Å²) in [5, 5.41) is 17.2. The molecule has 0 unspecified atom stereocenters. The van der Waals surface area contributed by atoms with Gasteiger partial charge >= 0.3 is 5.97 Å². The molecule has 0 aliphatic heterocycles. The number of aromatic carboxylic acids is 1. The van der Waals surface area contributed by atoms with Crippen LogP contribution in [0.25, 0.3) is 0 Å². The molecule has 106 valence electrons. The van der Waals surface area contributed by atoms with Crippen LogP contribution < -0.4 is 4.74 Å². The molecule has 6 nitrogen and oxygen atoms in total. The van der Waals surface area contributed by atoms with E-state index in [9.17, 15) is 4.79 Å². The van der Waals surface area contributed by atoms with Crippen LogP contribution in [-0.2, 0) is 6.54 Å². The van der Waals surface area contributed by atoms with Crippen LogP contribution in [0.1, 0.15) is 16.2 Å². The fraction of sp³-hybridized carbons (Fsp3) is 0.250. The number of carbonyl (C=O) groups is 1. The van der Waals surface area contributed by atoms with E-state index in [1.54, 1.807) is 25.1 Å². The lowest BCUT2D eigenvalue weighted by molar-refractivity contribution is 0.0689. The molecule has 20 heavy (non-hydrogen) atoms. The monoisotopic (exact) mass is 315 g/mol. The van der Waals surface area contributed by atoms with Gasteiger partial charge in [-0.1, -0.05) is 28.4 Å². The molecule has 2 rings (SSSR count). The summed E-state index contributed by atoms with van der Waals surface area (Å²) < 4.78 is 6.96. The number of nitrogens with zero attached hydrogens (tertiary/aromatic N) is 3. The van der Waals surface area contributed by atoms with Gasteiger partial charge in [-0.3, -0.25) is 0 Å². The molecule has 1 N–H and O–H groups in total. The van der Waals surface area contributed by atoms with Crippen molar-refractivity contribution in [3.05, 3.63) is 39.6 Å². The number of halogens is 2. The normalized spacial score (nSPS) is 10.6. The van der Waals surface area contributed by atoms with Gasteiger partial charge in [0.05, 0.1) is 17.3 Å². The molecule has 0 fully saturated rings. The Kier molecular flexibility index (Phi) is 4.46. The molecule has 0 amide bonds. The minimum Gasteiger partial charge on any atom is -0.490 e. The lowest BCUT2D eigenvalue weighted by Crippen LogP contribution is -2.11. The quantitative estimate of drug-likeness (QED) is 0.917. The number of carboxylic acids is 1. The number of carboxylic acid groups (broad SMARTS) is 1. The Bertz CT molecular complexity index is 643. The van der Waals surface area contributed by atoms with E-state index in [-0.39, 0.29) is 12.3 Å². The molecule has 1 aromatic carbocycles. The third kappa shape index (κ3) is 3.20. The maximum atomic E-state index is 10.8. The predicted molar refractivity (Wildman–Crippen MR) is 73.7 cm³/mol. The van der Waals surface area contributed by atoms with Crippen molar-refractivity contribution in [1.29, 1.82) is 0 Å². The van der Waals surface area contributed by atoms with E-state index in [0.29, 0.717) is 28.0 Å². The predicted octanol–water partition coefficient (Wildman–Crippen LogP) is 2.67. The van der Waals surface area contributed by atoms with Crippen molar-refractivity contribution in [3.63, 3.8) is 0 Å². The van der Waals surface area contributed by atoms with Gasteiger partial charge in [0.15, 0.2) is 5.69 Å². The molecule has 0 saturated heterocycles. The molecule has 8 heteroatoms. The molecule has 1 heterocycles. The zero-order valence-corrected chi connectivity index (χ0v) is 12.0. The van der Waals surface area contributed by atoms with Gasteiger partial charge in [0.2, 0.25) is 0 Å². The highest BCUT2D eigenvalue weighted by molar-refractivity contribution is 6.35. The largest absolute Gasteiger partial charge is 0.490 e. The maximum absolute atomic E-state index is 10.8. The van der Waals surface area contributed by atoms with E-state index in [4.69, 9.17) is 33.0 Å². The highest BCUT2D eigenvalue weighted by Crippen LogP contribution is 2.27.